The van der Waals surface area contributed by atoms with E-state index < -0.39 is 0 Å². The van der Waals surface area contributed by atoms with Gasteiger partial charge in [-0.3, -0.25) is 0 Å². The normalized spacial score (nSPS) is 12.2. The number of ether oxygens (including phenoxy) is 1. The number of rotatable bonds is 5. The number of benzene rings is 2. The lowest BCUT2D eigenvalue weighted by Gasteiger charge is -2.14. The Morgan fingerprint density at radius 3 is 2.55 bits per heavy atom. The van der Waals surface area contributed by atoms with Crippen molar-refractivity contribution in [1.29, 1.82) is 0 Å². The first-order chi connectivity index (χ1) is 9.63. The van der Waals surface area contributed by atoms with Gasteiger partial charge in [0.2, 0.25) is 0 Å². The fourth-order valence-electron chi connectivity index (χ4n) is 2.04. The molecule has 0 amide bonds. The van der Waals surface area contributed by atoms with Gasteiger partial charge in [0.15, 0.2) is 0 Å². The van der Waals surface area contributed by atoms with E-state index in [0.717, 1.165) is 22.4 Å². The van der Waals surface area contributed by atoms with Crippen LogP contribution in [0.2, 0.25) is 0 Å². The summed E-state index contributed by atoms with van der Waals surface area (Å²) in [5.74, 6) is 1.72. The average molecular weight is 334 g/mol. The number of hydrogen-bond donors (Lipinski definition) is 1. The SMILES string of the molecule is CCc1cccc(Oc2ccc(C(C)NC)c(Br)c2)c1. The highest BCUT2D eigenvalue weighted by Crippen LogP contribution is 2.30. The first-order valence-electron chi connectivity index (χ1n) is 6.87. The van der Waals surface area contributed by atoms with Crippen molar-refractivity contribution in [3.05, 3.63) is 58.1 Å². The maximum absolute atomic E-state index is 5.92. The van der Waals surface area contributed by atoms with Crippen molar-refractivity contribution >= 4 is 15.9 Å². The van der Waals surface area contributed by atoms with Crippen molar-refractivity contribution in [3.8, 4) is 11.5 Å². The van der Waals surface area contributed by atoms with Gasteiger partial charge in [-0.05, 0) is 55.8 Å². The van der Waals surface area contributed by atoms with E-state index in [1.807, 2.05) is 31.3 Å². The minimum Gasteiger partial charge on any atom is -0.457 e. The fourth-order valence-corrected chi connectivity index (χ4v) is 2.74. The predicted molar refractivity (Wildman–Crippen MR) is 87.5 cm³/mol. The van der Waals surface area contributed by atoms with Crippen LogP contribution in [0.15, 0.2) is 46.9 Å². The van der Waals surface area contributed by atoms with Gasteiger partial charge in [0, 0.05) is 10.5 Å². The van der Waals surface area contributed by atoms with Crippen LogP contribution in [0.3, 0.4) is 0 Å². The zero-order valence-corrected chi connectivity index (χ0v) is 13.7. The average Bonchev–Trinajstić information content (AvgIpc) is 2.47. The van der Waals surface area contributed by atoms with Gasteiger partial charge in [0.05, 0.1) is 0 Å². The summed E-state index contributed by atoms with van der Waals surface area (Å²) < 4.78 is 6.98. The molecule has 0 saturated heterocycles. The Labute approximate surface area is 129 Å². The second-order valence-electron chi connectivity index (χ2n) is 4.80. The molecule has 2 rings (SSSR count). The third-order valence-corrected chi connectivity index (χ3v) is 4.10. The maximum atomic E-state index is 5.92. The Kier molecular flexibility index (Phi) is 5.21. The molecule has 20 heavy (non-hydrogen) atoms. The lowest BCUT2D eigenvalue weighted by atomic mass is 10.1. The maximum Gasteiger partial charge on any atom is 0.128 e. The molecule has 0 aromatic heterocycles. The summed E-state index contributed by atoms with van der Waals surface area (Å²) in [5.41, 5.74) is 2.50. The Balaban J connectivity index is 2.19. The third-order valence-electron chi connectivity index (χ3n) is 3.41. The lowest BCUT2D eigenvalue weighted by molar-refractivity contribution is 0.481. The van der Waals surface area contributed by atoms with Crippen LogP contribution in [0.4, 0.5) is 0 Å². The van der Waals surface area contributed by atoms with Gasteiger partial charge in [0.1, 0.15) is 11.5 Å². The Morgan fingerprint density at radius 2 is 1.90 bits per heavy atom. The Hall–Kier alpha value is -1.32. The fraction of sp³-hybridized carbons (Fsp3) is 0.294. The predicted octanol–water partition coefficient (Wildman–Crippen LogP) is 5.08. The van der Waals surface area contributed by atoms with Crippen LogP contribution in [-0.4, -0.2) is 7.05 Å². The minimum atomic E-state index is 0.307. The van der Waals surface area contributed by atoms with Gasteiger partial charge in [0.25, 0.3) is 0 Å². The number of aryl methyl sites for hydroxylation is 1. The van der Waals surface area contributed by atoms with Crippen LogP contribution in [-0.2, 0) is 6.42 Å². The molecule has 0 spiro atoms. The van der Waals surface area contributed by atoms with Crippen molar-refractivity contribution in [2.75, 3.05) is 7.05 Å². The summed E-state index contributed by atoms with van der Waals surface area (Å²) in [6, 6.07) is 14.6. The van der Waals surface area contributed by atoms with Crippen LogP contribution < -0.4 is 10.1 Å². The summed E-state index contributed by atoms with van der Waals surface area (Å²) in [5, 5.41) is 3.24. The van der Waals surface area contributed by atoms with Crippen molar-refractivity contribution in [2.45, 2.75) is 26.3 Å². The van der Waals surface area contributed by atoms with E-state index in [-0.39, 0.29) is 0 Å². The summed E-state index contributed by atoms with van der Waals surface area (Å²) >= 11 is 3.61. The molecule has 1 unspecified atom stereocenters. The second kappa shape index (κ2) is 6.91. The molecule has 0 aliphatic rings. The molecule has 106 valence electrons. The van der Waals surface area contributed by atoms with E-state index in [1.165, 1.54) is 11.1 Å². The highest BCUT2D eigenvalue weighted by atomic mass is 79.9. The molecule has 3 heteroatoms. The van der Waals surface area contributed by atoms with Crippen LogP contribution in [0, 0.1) is 0 Å². The van der Waals surface area contributed by atoms with Gasteiger partial charge >= 0.3 is 0 Å². The smallest absolute Gasteiger partial charge is 0.128 e. The van der Waals surface area contributed by atoms with Gasteiger partial charge < -0.3 is 10.1 Å². The largest absolute Gasteiger partial charge is 0.457 e. The molecule has 0 fully saturated rings. The van der Waals surface area contributed by atoms with E-state index in [2.05, 4.69) is 53.3 Å². The van der Waals surface area contributed by atoms with Crippen molar-refractivity contribution < 1.29 is 4.74 Å². The second-order valence-corrected chi connectivity index (χ2v) is 5.65. The van der Waals surface area contributed by atoms with Gasteiger partial charge in [-0.15, -0.1) is 0 Å². The summed E-state index contributed by atoms with van der Waals surface area (Å²) in [7, 11) is 1.96. The van der Waals surface area contributed by atoms with Crippen molar-refractivity contribution in [3.63, 3.8) is 0 Å². The van der Waals surface area contributed by atoms with Crippen LogP contribution >= 0.6 is 15.9 Å². The molecule has 2 nitrogen and oxygen atoms in total. The minimum absolute atomic E-state index is 0.307. The third kappa shape index (κ3) is 3.62. The van der Waals surface area contributed by atoms with Crippen molar-refractivity contribution in [2.24, 2.45) is 0 Å². The molecular weight excluding hydrogens is 314 g/mol. The monoisotopic (exact) mass is 333 g/mol. The van der Waals surface area contributed by atoms with Crippen LogP contribution in [0.1, 0.15) is 31.0 Å². The van der Waals surface area contributed by atoms with Crippen LogP contribution in [0.5, 0.6) is 11.5 Å². The Morgan fingerprint density at radius 1 is 1.15 bits per heavy atom. The van der Waals surface area contributed by atoms with E-state index >= 15 is 0 Å². The number of nitrogens with one attached hydrogen (secondary N) is 1. The van der Waals surface area contributed by atoms with E-state index in [0.29, 0.717) is 6.04 Å². The van der Waals surface area contributed by atoms with Crippen molar-refractivity contribution in [1.82, 2.24) is 5.32 Å². The molecule has 2 aromatic rings. The summed E-state index contributed by atoms with van der Waals surface area (Å²) in [6.07, 6.45) is 1.01. The van der Waals surface area contributed by atoms with E-state index in [9.17, 15) is 0 Å². The molecular formula is C17H20BrNO. The molecule has 0 aliphatic heterocycles. The molecule has 0 saturated carbocycles. The zero-order valence-electron chi connectivity index (χ0n) is 12.1. The van der Waals surface area contributed by atoms with Crippen LogP contribution in [0.25, 0.3) is 0 Å². The quantitative estimate of drug-likeness (QED) is 0.823. The Bertz CT molecular complexity index is 583. The topological polar surface area (TPSA) is 21.3 Å². The van der Waals surface area contributed by atoms with E-state index in [1.54, 1.807) is 0 Å². The molecule has 2 aromatic carbocycles. The summed E-state index contributed by atoms with van der Waals surface area (Å²) in [4.78, 5) is 0. The first kappa shape index (κ1) is 15.1. The molecule has 0 bridgehead atoms. The lowest BCUT2D eigenvalue weighted by Crippen LogP contribution is -2.12. The highest BCUT2D eigenvalue weighted by molar-refractivity contribution is 9.10. The number of hydrogen-bond acceptors (Lipinski definition) is 2. The molecule has 0 aliphatic carbocycles. The van der Waals surface area contributed by atoms with Gasteiger partial charge in [-0.1, -0.05) is 41.1 Å². The molecule has 0 radical (unpaired) electrons. The standard InChI is InChI=1S/C17H20BrNO/c1-4-13-6-5-7-14(10-13)20-15-8-9-16(12(2)19-3)17(18)11-15/h5-12,19H,4H2,1-3H3. The summed E-state index contributed by atoms with van der Waals surface area (Å²) in [6.45, 7) is 4.27. The number of halogens is 1. The molecule has 1 N–H and O–H groups in total. The molecule has 0 heterocycles. The highest BCUT2D eigenvalue weighted by Gasteiger charge is 2.08. The molecule has 1 atom stereocenters. The van der Waals surface area contributed by atoms with Gasteiger partial charge in [-0.2, -0.15) is 0 Å². The zero-order chi connectivity index (χ0) is 14.5. The van der Waals surface area contributed by atoms with E-state index in [4.69, 9.17) is 4.74 Å². The first-order valence-corrected chi connectivity index (χ1v) is 7.66. The van der Waals surface area contributed by atoms with Gasteiger partial charge in [-0.25, -0.2) is 0 Å².